The molecule has 1 saturated heterocycles. The predicted molar refractivity (Wildman–Crippen MR) is 69.8 cm³/mol. The van der Waals surface area contributed by atoms with Gasteiger partial charge in [-0.2, -0.15) is 4.31 Å². The molecular formula is C11H15ClF2N2O2S. The van der Waals surface area contributed by atoms with Gasteiger partial charge in [0.1, 0.15) is 0 Å². The van der Waals surface area contributed by atoms with E-state index in [4.69, 9.17) is 0 Å². The average Bonchev–Trinajstić information content (AvgIpc) is 2.33. The van der Waals surface area contributed by atoms with Crippen molar-refractivity contribution in [2.75, 3.05) is 19.6 Å². The van der Waals surface area contributed by atoms with Gasteiger partial charge in [0.25, 0.3) is 0 Å². The minimum atomic E-state index is -3.76. The van der Waals surface area contributed by atoms with E-state index in [1.807, 2.05) is 0 Å². The molecule has 1 aromatic rings. The van der Waals surface area contributed by atoms with Crippen LogP contribution in [0.2, 0.25) is 0 Å². The van der Waals surface area contributed by atoms with Crippen LogP contribution in [0.1, 0.15) is 6.92 Å². The quantitative estimate of drug-likeness (QED) is 0.897. The summed E-state index contributed by atoms with van der Waals surface area (Å²) in [6, 6.07) is 2.42. The Balaban J connectivity index is 0.00000180. The topological polar surface area (TPSA) is 49.4 Å². The van der Waals surface area contributed by atoms with Crippen molar-refractivity contribution >= 4 is 22.4 Å². The molecule has 1 heterocycles. The fourth-order valence-corrected chi connectivity index (χ4v) is 3.60. The monoisotopic (exact) mass is 312 g/mol. The lowest BCUT2D eigenvalue weighted by atomic mass is 10.3. The standard InChI is InChI=1S/C11H14F2N2O2S.ClH/c1-8-7-14-4-5-15(8)18(16,17)9-2-3-10(12)11(13)6-9;/h2-3,6,8,14H,4-5,7H2,1H3;1H/t8-;/m1./s1. The van der Waals surface area contributed by atoms with Gasteiger partial charge in [-0.1, -0.05) is 0 Å². The van der Waals surface area contributed by atoms with Crippen molar-refractivity contribution in [1.29, 1.82) is 0 Å². The smallest absolute Gasteiger partial charge is 0.243 e. The summed E-state index contributed by atoms with van der Waals surface area (Å²) in [5.74, 6) is -2.21. The Hall–Kier alpha value is -0.760. The van der Waals surface area contributed by atoms with E-state index >= 15 is 0 Å². The minimum absolute atomic E-state index is 0. The zero-order valence-electron chi connectivity index (χ0n) is 10.3. The van der Waals surface area contributed by atoms with Crippen LogP contribution in [0.15, 0.2) is 23.1 Å². The van der Waals surface area contributed by atoms with Crippen molar-refractivity contribution < 1.29 is 17.2 Å². The van der Waals surface area contributed by atoms with Gasteiger partial charge in [0, 0.05) is 25.7 Å². The number of benzene rings is 1. The molecule has 0 unspecified atom stereocenters. The van der Waals surface area contributed by atoms with E-state index in [2.05, 4.69) is 5.32 Å². The summed E-state index contributed by atoms with van der Waals surface area (Å²) in [6.07, 6.45) is 0. The fourth-order valence-electron chi connectivity index (χ4n) is 1.95. The summed E-state index contributed by atoms with van der Waals surface area (Å²) in [6.45, 7) is 3.18. The molecule has 0 radical (unpaired) electrons. The molecular weight excluding hydrogens is 298 g/mol. The van der Waals surface area contributed by atoms with E-state index in [0.29, 0.717) is 19.6 Å². The van der Waals surface area contributed by atoms with E-state index in [0.717, 1.165) is 18.2 Å². The number of piperazine rings is 1. The van der Waals surface area contributed by atoms with Crippen LogP contribution in [-0.4, -0.2) is 38.4 Å². The van der Waals surface area contributed by atoms with Crippen LogP contribution in [0.25, 0.3) is 0 Å². The van der Waals surface area contributed by atoms with Crippen molar-refractivity contribution in [2.45, 2.75) is 17.9 Å². The van der Waals surface area contributed by atoms with Crippen molar-refractivity contribution in [2.24, 2.45) is 0 Å². The average molecular weight is 313 g/mol. The third-order valence-corrected chi connectivity index (χ3v) is 4.95. The number of nitrogens with one attached hydrogen (secondary N) is 1. The van der Waals surface area contributed by atoms with Gasteiger partial charge in [0.15, 0.2) is 11.6 Å². The van der Waals surface area contributed by atoms with Crippen LogP contribution in [-0.2, 0) is 10.0 Å². The van der Waals surface area contributed by atoms with Gasteiger partial charge in [-0.15, -0.1) is 12.4 Å². The Morgan fingerprint density at radius 2 is 2.00 bits per heavy atom. The van der Waals surface area contributed by atoms with E-state index < -0.39 is 21.7 Å². The molecule has 1 atom stereocenters. The summed E-state index contributed by atoms with van der Waals surface area (Å²) < 4.78 is 51.8. The summed E-state index contributed by atoms with van der Waals surface area (Å²) in [4.78, 5) is -0.213. The van der Waals surface area contributed by atoms with Crippen LogP contribution in [0.4, 0.5) is 8.78 Å². The highest BCUT2D eigenvalue weighted by Crippen LogP contribution is 2.21. The van der Waals surface area contributed by atoms with Crippen molar-refractivity contribution in [3.8, 4) is 0 Å². The molecule has 0 aromatic heterocycles. The first-order valence-corrected chi connectivity index (χ1v) is 7.04. The number of hydrogen-bond acceptors (Lipinski definition) is 3. The highest BCUT2D eigenvalue weighted by Gasteiger charge is 2.31. The van der Waals surface area contributed by atoms with Gasteiger partial charge >= 0.3 is 0 Å². The maximum Gasteiger partial charge on any atom is 0.243 e. The van der Waals surface area contributed by atoms with Crippen LogP contribution < -0.4 is 5.32 Å². The molecule has 0 bridgehead atoms. The first-order valence-electron chi connectivity index (χ1n) is 5.60. The minimum Gasteiger partial charge on any atom is -0.314 e. The lowest BCUT2D eigenvalue weighted by molar-refractivity contribution is 0.283. The van der Waals surface area contributed by atoms with Crippen molar-refractivity contribution in [3.63, 3.8) is 0 Å². The number of sulfonamides is 1. The Bertz CT molecular complexity index is 554. The first-order chi connectivity index (χ1) is 8.43. The second kappa shape index (κ2) is 6.13. The molecule has 1 fully saturated rings. The lowest BCUT2D eigenvalue weighted by Gasteiger charge is -2.32. The molecule has 0 spiro atoms. The number of hydrogen-bond donors (Lipinski definition) is 1. The first kappa shape index (κ1) is 16.3. The Morgan fingerprint density at radius 1 is 1.32 bits per heavy atom. The van der Waals surface area contributed by atoms with Gasteiger partial charge in [0.05, 0.1) is 4.90 Å². The molecule has 0 amide bonds. The molecule has 4 nitrogen and oxygen atoms in total. The molecule has 108 valence electrons. The summed E-state index contributed by atoms with van der Waals surface area (Å²) in [5, 5.41) is 3.07. The van der Waals surface area contributed by atoms with Crippen molar-refractivity contribution in [3.05, 3.63) is 29.8 Å². The van der Waals surface area contributed by atoms with E-state index in [9.17, 15) is 17.2 Å². The summed E-state index contributed by atoms with van der Waals surface area (Å²) >= 11 is 0. The third-order valence-electron chi connectivity index (χ3n) is 2.94. The Kier molecular flexibility index (Phi) is 5.26. The Morgan fingerprint density at radius 3 is 2.58 bits per heavy atom. The number of nitrogens with zero attached hydrogens (tertiary/aromatic N) is 1. The molecule has 8 heteroatoms. The molecule has 1 N–H and O–H groups in total. The molecule has 1 aliphatic heterocycles. The van der Waals surface area contributed by atoms with Gasteiger partial charge in [-0.05, 0) is 25.1 Å². The molecule has 0 saturated carbocycles. The maximum absolute atomic E-state index is 13.1. The van der Waals surface area contributed by atoms with Gasteiger partial charge in [-0.3, -0.25) is 0 Å². The van der Waals surface area contributed by atoms with Crippen molar-refractivity contribution in [1.82, 2.24) is 9.62 Å². The van der Waals surface area contributed by atoms with Crippen LogP contribution in [0.5, 0.6) is 0 Å². The third kappa shape index (κ3) is 3.22. The number of halogens is 3. The SMILES string of the molecule is C[C@@H]1CNCCN1S(=O)(=O)c1ccc(F)c(F)c1.Cl. The molecule has 19 heavy (non-hydrogen) atoms. The van der Waals surface area contributed by atoms with E-state index in [-0.39, 0.29) is 23.3 Å². The maximum atomic E-state index is 13.1. The van der Waals surface area contributed by atoms with Gasteiger partial charge in [-0.25, -0.2) is 17.2 Å². The van der Waals surface area contributed by atoms with E-state index in [1.54, 1.807) is 6.92 Å². The van der Waals surface area contributed by atoms with Gasteiger partial charge in [0.2, 0.25) is 10.0 Å². The fraction of sp³-hybridized carbons (Fsp3) is 0.455. The molecule has 2 rings (SSSR count). The molecule has 1 aromatic carbocycles. The second-order valence-electron chi connectivity index (χ2n) is 4.24. The van der Waals surface area contributed by atoms with Crippen LogP contribution >= 0.6 is 12.4 Å². The molecule has 0 aliphatic carbocycles. The lowest BCUT2D eigenvalue weighted by Crippen LogP contribution is -2.52. The highest BCUT2D eigenvalue weighted by atomic mass is 35.5. The van der Waals surface area contributed by atoms with E-state index in [1.165, 1.54) is 4.31 Å². The second-order valence-corrected chi connectivity index (χ2v) is 6.14. The normalized spacial score (nSPS) is 20.9. The molecule has 1 aliphatic rings. The zero-order chi connectivity index (χ0) is 13.3. The Labute approximate surface area is 117 Å². The van der Waals surface area contributed by atoms with Crippen LogP contribution in [0, 0.1) is 11.6 Å². The summed E-state index contributed by atoms with van der Waals surface area (Å²) in [7, 11) is -3.76. The number of rotatable bonds is 2. The van der Waals surface area contributed by atoms with Crippen LogP contribution in [0.3, 0.4) is 0 Å². The summed E-state index contributed by atoms with van der Waals surface area (Å²) in [5.41, 5.74) is 0. The largest absolute Gasteiger partial charge is 0.314 e. The zero-order valence-corrected chi connectivity index (χ0v) is 11.9. The predicted octanol–water partition coefficient (Wildman–Crippen LogP) is 1.37. The van der Waals surface area contributed by atoms with Gasteiger partial charge < -0.3 is 5.32 Å². The highest BCUT2D eigenvalue weighted by molar-refractivity contribution is 7.89.